The third-order valence-electron chi connectivity index (χ3n) is 4.76. The number of nitrogens with one attached hydrogen (secondary N) is 1. The number of halogens is 1. The molecule has 0 bridgehead atoms. The molecule has 1 unspecified atom stereocenters. The molecule has 5 heteroatoms. The molecule has 26 heavy (non-hydrogen) atoms. The third-order valence-corrected chi connectivity index (χ3v) is 4.76. The molecule has 2 aromatic rings. The van der Waals surface area contributed by atoms with Crippen LogP contribution in [0.2, 0.25) is 0 Å². The Morgan fingerprint density at radius 3 is 2.19 bits per heavy atom. The molecule has 140 valence electrons. The smallest absolute Gasteiger partial charge is 0.260 e. The van der Waals surface area contributed by atoms with Crippen molar-refractivity contribution in [2.75, 3.05) is 0 Å². The molecule has 4 nitrogen and oxygen atoms in total. The van der Waals surface area contributed by atoms with E-state index in [1.807, 2.05) is 42.5 Å². The Morgan fingerprint density at radius 2 is 1.58 bits per heavy atom. The zero-order valence-electron chi connectivity index (χ0n) is 15.1. The van der Waals surface area contributed by atoms with Gasteiger partial charge in [-0.1, -0.05) is 42.5 Å². The predicted molar refractivity (Wildman–Crippen MR) is 108 cm³/mol. The summed E-state index contributed by atoms with van der Waals surface area (Å²) in [4.78, 5) is 12.3. The minimum Gasteiger partial charge on any atom is -0.481 e. The van der Waals surface area contributed by atoms with Gasteiger partial charge in [-0.3, -0.25) is 4.79 Å². The molecule has 0 aliphatic heterocycles. The van der Waals surface area contributed by atoms with Crippen LogP contribution in [0.1, 0.15) is 32.6 Å². The Hall–Kier alpha value is -2.04. The van der Waals surface area contributed by atoms with Crippen molar-refractivity contribution in [3.63, 3.8) is 0 Å². The molecular weight excluding hydrogens is 348 g/mol. The van der Waals surface area contributed by atoms with Gasteiger partial charge in [0.1, 0.15) is 5.75 Å². The van der Waals surface area contributed by atoms with Crippen LogP contribution >= 0.6 is 12.4 Å². The van der Waals surface area contributed by atoms with Crippen LogP contribution in [-0.4, -0.2) is 24.1 Å². The normalized spacial score (nSPS) is 20.5. The lowest BCUT2D eigenvalue weighted by Crippen LogP contribution is -2.45. The number of ether oxygens (including phenoxy) is 1. The Morgan fingerprint density at radius 1 is 1.00 bits per heavy atom. The Labute approximate surface area is 161 Å². The first-order valence-corrected chi connectivity index (χ1v) is 9.00. The number of amides is 1. The second kappa shape index (κ2) is 9.60. The van der Waals surface area contributed by atoms with E-state index in [0.717, 1.165) is 36.8 Å². The van der Waals surface area contributed by atoms with Crippen LogP contribution in [0.3, 0.4) is 0 Å². The second-order valence-corrected chi connectivity index (χ2v) is 6.77. The molecule has 0 heterocycles. The van der Waals surface area contributed by atoms with Crippen molar-refractivity contribution in [2.24, 2.45) is 5.73 Å². The highest BCUT2D eigenvalue weighted by molar-refractivity contribution is 5.85. The summed E-state index contributed by atoms with van der Waals surface area (Å²) in [5.74, 6) is 0.639. The van der Waals surface area contributed by atoms with Crippen molar-refractivity contribution in [2.45, 2.75) is 50.8 Å². The topological polar surface area (TPSA) is 64.3 Å². The van der Waals surface area contributed by atoms with E-state index in [2.05, 4.69) is 17.4 Å². The van der Waals surface area contributed by atoms with Crippen LogP contribution in [0.15, 0.2) is 54.6 Å². The van der Waals surface area contributed by atoms with Gasteiger partial charge in [0.2, 0.25) is 0 Å². The van der Waals surface area contributed by atoms with Gasteiger partial charge in [0.05, 0.1) is 0 Å². The van der Waals surface area contributed by atoms with Gasteiger partial charge in [-0.25, -0.2) is 0 Å². The molecule has 1 aliphatic rings. The molecule has 1 atom stereocenters. The van der Waals surface area contributed by atoms with E-state index >= 15 is 0 Å². The number of carbonyl (C=O) groups is 1. The number of nitrogens with two attached hydrogens (primary N) is 1. The van der Waals surface area contributed by atoms with E-state index < -0.39 is 6.10 Å². The zero-order chi connectivity index (χ0) is 17.6. The van der Waals surface area contributed by atoms with E-state index in [0.29, 0.717) is 5.75 Å². The molecule has 2 aromatic carbocycles. The number of benzene rings is 2. The summed E-state index contributed by atoms with van der Waals surface area (Å²) >= 11 is 0. The highest BCUT2D eigenvalue weighted by Crippen LogP contribution is 2.23. The number of hydrogen-bond donors (Lipinski definition) is 2. The summed E-state index contributed by atoms with van der Waals surface area (Å²) < 4.78 is 5.79. The molecule has 1 saturated carbocycles. The minimum atomic E-state index is -0.516. The molecule has 0 spiro atoms. The first kappa shape index (κ1) is 20.3. The van der Waals surface area contributed by atoms with Crippen LogP contribution in [0.25, 0.3) is 11.1 Å². The fraction of sp³-hybridized carbons (Fsp3) is 0.381. The van der Waals surface area contributed by atoms with Crippen LogP contribution in [-0.2, 0) is 4.79 Å². The van der Waals surface area contributed by atoms with Crippen molar-refractivity contribution in [1.29, 1.82) is 0 Å². The lowest BCUT2D eigenvalue weighted by atomic mass is 9.92. The van der Waals surface area contributed by atoms with E-state index in [-0.39, 0.29) is 30.4 Å². The molecule has 1 aliphatic carbocycles. The molecule has 3 rings (SSSR count). The lowest BCUT2D eigenvalue weighted by Gasteiger charge is -2.27. The average Bonchev–Trinajstić information content (AvgIpc) is 2.65. The molecule has 3 N–H and O–H groups in total. The van der Waals surface area contributed by atoms with Crippen molar-refractivity contribution < 1.29 is 9.53 Å². The van der Waals surface area contributed by atoms with Gasteiger partial charge in [-0.15, -0.1) is 12.4 Å². The fourth-order valence-electron chi connectivity index (χ4n) is 3.20. The summed E-state index contributed by atoms with van der Waals surface area (Å²) in [7, 11) is 0. The molecule has 0 radical (unpaired) electrons. The largest absolute Gasteiger partial charge is 0.481 e. The fourth-order valence-corrected chi connectivity index (χ4v) is 3.20. The van der Waals surface area contributed by atoms with Gasteiger partial charge in [0, 0.05) is 12.1 Å². The quantitative estimate of drug-likeness (QED) is 0.833. The Balaban J connectivity index is 0.00000243. The van der Waals surface area contributed by atoms with Gasteiger partial charge in [-0.05, 0) is 55.9 Å². The standard InChI is InChI=1S/C21H26N2O2.ClH/c1-15(21(24)23-19-11-9-18(22)10-12-19)25-20-13-7-17(8-14-20)16-5-3-2-4-6-16;/h2-8,13-15,18-19H,9-12,22H2,1H3,(H,23,24);1H. The number of rotatable bonds is 5. The SMILES string of the molecule is CC(Oc1ccc(-c2ccccc2)cc1)C(=O)NC1CCC(N)CC1.Cl. The highest BCUT2D eigenvalue weighted by atomic mass is 35.5. The Kier molecular flexibility index (Phi) is 7.49. The first-order chi connectivity index (χ1) is 12.1. The summed E-state index contributed by atoms with van der Waals surface area (Å²) in [6.07, 6.45) is 3.33. The maximum Gasteiger partial charge on any atom is 0.260 e. The maximum absolute atomic E-state index is 12.3. The summed E-state index contributed by atoms with van der Waals surface area (Å²) in [5, 5.41) is 3.08. The van der Waals surface area contributed by atoms with E-state index in [1.54, 1.807) is 6.92 Å². The summed E-state index contributed by atoms with van der Waals surface area (Å²) in [6.45, 7) is 1.79. The van der Waals surface area contributed by atoms with Crippen molar-refractivity contribution in [3.05, 3.63) is 54.6 Å². The van der Waals surface area contributed by atoms with E-state index in [9.17, 15) is 4.79 Å². The van der Waals surface area contributed by atoms with Gasteiger partial charge >= 0.3 is 0 Å². The van der Waals surface area contributed by atoms with Gasteiger partial charge < -0.3 is 15.8 Å². The molecule has 1 fully saturated rings. The average molecular weight is 375 g/mol. The van der Waals surface area contributed by atoms with Crippen LogP contribution in [0, 0.1) is 0 Å². The Bertz CT molecular complexity index is 683. The first-order valence-electron chi connectivity index (χ1n) is 9.00. The van der Waals surface area contributed by atoms with E-state index in [4.69, 9.17) is 10.5 Å². The molecule has 1 amide bonds. The van der Waals surface area contributed by atoms with Crippen LogP contribution < -0.4 is 15.8 Å². The molecule has 0 saturated heterocycles. The number of hydrogen-bond acceptors (Lipinski definition) is 3. The zero-order valence-corrected chi connectivity index (χ0v) is 15.9. The van der Waals surface area contributed by atoms with Crippen molar-refractivity contribution in [1.82, 2.24) is 5.32 Å². The predicted octanol–water partition coefficient (Wildman–Crippen LogP) is 3.93. The minimum absolute atomic E-state index is 0. The van der Waals surface area contributed by atoms with Gasteiger partial charge in [0.25, 0.3) is 5.91 Å². The number of carbonyl (C=O) groups excluding carboxylic acids is 1. The second-order valence-electron chi connectivity index (χ2n) is 6.77. The third kappa shape index (κ3) is 5.48. The molecular formula is C21H27ClN2O2. The van der Waals surface area contributed by atoms with Crippen molar-refractivity contribution >= 4 is 18.3 Å². The van der Waals surface area contributed by atoms with Crippen LogP contribution in [0.4, 0.5) is 0 Å². The van der Waals surface area contributed by atoms with Gasteiger partial charge in [0.15, 0.2) is 6.10 Å². The summed E-state index contributed by atoms with van der Waals surface area (Å²) in [5.41, 5.74) is 8.20. The monoisotopic (exact) mass is 374 g/mol. The van der Waals surface area contributed by atoms with Gasteiger partial charge in [-0.2, -0.15) is 0 Å². The summed E-state index contributed by atoms with van der Waals surface area (Å²) in [6, 6.07) is 18.5. The lowest BCUT2D eigenvalue weighted by molar-refractivity contribution is -0.128. The van der Waals surface area contributed by atoms with Crippen LogP contribution in [0.5, 0.6) is 5.75 Å². The van der Waals surface area contributed by atoms with E-state index in [1.165, 1.54) is 0 Å². The van der Waals surface area contributed by atoms with Crippen molar-refractivity contribution in [3.8, 4) is 16.9 Å². The highest BCUT2D eigenvalue weighted by Gasteiger charge is 2.23. The molecule has 0 aromatic heterocycles. The maximum atomic E-state index is 12.3.